The van der Waals surface area contributed by atoms with E-state index in [4.69, 9.17) is 0 Å². The zero-order chi connectivity index (χ0) is 20.4. The van der Waals surface area contributed by atoms with Gasteiger partial charge in [-0.25, -0.2) is 9.78 Å². The number of aliphatic hydroxyl groups is 1. The summed E-state index contributed by atoms with van der Waals surface area (Å²) in [6.45, 7) is 2.13. The second-order valence-electron chi connectivity index (χ2n) is 7.05. The minimum atomic E-state index is -0.599. The van der Waals surface area contributed by atoms with Gasteiger partial charge in [0, 0.05) is 10.7 Å². The van der Waals surface area contributed by atoms with E-state index in [1.54, 1.807) is 15.3 Å². The van der Waals surface area contributed by atoms with Gasteiger partial charge < -0.3 is 5.11 Å². The Morgan fingerprint density at radius 1 is 1.03 bits per heavy atom. The summed E-state index contributed by atoms with van der Waals surface area (Å²) in [7, 11) is 0. The van der Waals surface area contributed by atoms with Crippen molar-refractivity contribution in [2.24, 2.45) is 0 Å². The Morgan fingerprint density at radius 2 is 1.62 bits per heavy atom. The van der Waals surface area contributed by atoms with Crippen molar-refractivity contribution in [2.45, 2.75) is 32.0 Å². The van der Waals surface area contributed by atoms with Gasteiger partial charge in [0.2, 0.25) is 0 Å². The van der Waals surface area contributed by atoms with Crippen LogP contribution in [0.2, 0.25) is 0 Å². The maximum absolute atomic E-state index is 13.6. The number of aromatic nitrogens is 3. The minimum Gasteiger partial charge on any atom is -0.391 e. The van der Waals surface area contributed by atoms with Crippen LogP contribution in [0.3, 0.4) is 0 Å². The molecule has 29 heavy (non-hydrogen) atoms. The van der Waals surface area contributed by atoms with Gasteiger partial charge in [-0.2, -0.15) is 0 Å². The van der Waals surface area contributed by atoms with Crippen LogP contribution in [0.5, 0.6) is 0 Å². The summed E-state index contributed by atoms with van der Waals surface area (Å²) < 4.78 is 4.15. The highest BCUT2D eigenvalue weighted by molar-refractivity contribution is 9.10. The van der Waals surface area contributed by atoms with Crippen molar-refractivity contribution in [3.05, 3.63) is 99.0 Å². The van der Waals surface area contributed by atoms with Crippen LogP contribution in [0.15, 0.2) is 82.2 Å². The number of nitrogens with zero attached hydrogens (tertiary/aromatic N) is 3. The average Bonchev–Trinajstić information content (AvgIpc) is 3.01. The minimum absolute atomic E-state index is 0.184. The third-order valence-corrected chi connectivity index (χ3v) is 5.56. The Balaban J connectivity index is 2.02. The van der Waals surface area contributed by atoms with E-state index in [0.717, 1.165) is 15.6 Å². The zero-order valence-electron chi connectivity index (χ0n) is 16.1. The Kier molecular flexibility index (Phi) is 5.65. The summed E-state index contributed by atoms with van der Waals surface area (Å²) in [6, 6.07) is 21.5. The molecular formula is C23H22BrN3O2. The van der Waals surface area contributed by atoms with Crippen molar-refractivity contribution in [1.82, 2.24) is 14.1 Å². The predicted octanol–water partition coefficient (Wildman–Crippen LogP) is 4.37. The highest BCUT2D eigenvalue weighted by Gasteiger charge is 2.25. The molecule has 0 saturated heterocycles. The van der Waals surface area contributed by atoms with E-state index in [1.807, 2.05) is 73.7 Å². The molecule has 0 bridgehead atoms. The van der Waals surface area contributed by atoms with Crippen LogP contribution in [0.4, 0.5) is 0 Å². The zero-order valence-corrected chi connectivity index (χ0v) is 17.7. The summed E-state index contributed by atoms with van der Waals surface area (Å²) in [6.07, 6.45) is 1.67. The smallest absolute Gasteiger partial charge is 0.331 e. The molecule has 1 atom stereocenters. The van der Waals surface area contributed by atoms with E-state index in [-0.39, 0.29) is 18.3 Å². The van der Waals surface area contributed by atoms with Gasteiger partial charge in [-0.3, -0.25) is 9.13 Å². The first-order valence-corrected chi connectivity index (χ1v) is 10.4. The lowest BCUT2D eigenvalue weighted by molar-refractivity contribution is 0.149. The average molecular weight is 452 g/mol. The molecule has 0 aliphatic rings. The third kappa shape index (κ3) is 3.78. The topological polar surface area (TPSA) is 60.1 Å². The van der Waals surface area contributed by atoms with Crippen molar-refractivity contribution in [2.75, 3.05) is 0 Å². The summed E-state index contributed by atoms with van der Waals surface area (Å²) in [5, 5.41) is 10.2. The molecule has 2 aromatic carbocycles. The van der Waals surface area contributed by atoms with Gasteiger partial charge in [0.05, 0.1) is 24.2 Å². The molecule has 0 spiro atoms. The SMILES string of the molecule is CCC(O)Cn1c(=O)n(C(c2ccccc2)c2ccccc2)c2ncc(Br)cc21. The van der Waals surface area contributed by atoms with Crippen molar-refractivity contribution in [3.8, 4) is 0 Å². The first kappa shape index (κ1) is 19.6. The highest BCUT2D eigenvalue weighted by Crippen LogP contribution is 2.29. The molecule has 2 heterocycles. The summed E-state index contributed by atoms with van der Waals surface area (Å²) in [4.78, 5) is 18.2. The van der Waals surface area contributed by atoms with Gasteiger partial charge in [-0.15, -0.1) is 0 Å². The van der Waals surface area contributed by atoms with E-state index < -0.39 is 6.10 Å². The number of hydrogen-bond donors (Lipinski definition) is 1. The van der Waals surface area contributed by atoms with Crippen LogP contribution >= 0.6 is 15.9 Å². The fraction of sp³-hybridized carbons (Fsp3) is 0.217. The first-order valence-electron chi connectivity index (χ1n) is 9.64. The number of imidazole rings is 1. The van der Waals surface area contributed by atoms with Gasteiger partial charge >= 0.3 is 5.69 Å². The lowest BCUT2D eigenvalue weighted by atomic mass is 9.98. The number of hydrogen-bond acceptors (Lipinski definition) is 3. The number of aliphatic hydroxyl groups excluding tert-OH is 1. The van der Waals surface area contributed by atoms with E-state index in [1.165, 1.54) is 0 Å². The summed E-state index contributed by atoms with van der Waals surface area (Å²) in [5.74, 6) is 0. The molecule has 0 aliphatic carbocycles. The van der Waals surface area contributed by atoms with E-state index in [9.17, 15) is 9.90 Å². The maximum Gasteiger partial charge on any atom is 0.331 e. The molecule has 4 aromatic rings. The van der Waals surface area contributed by atoms with Crippen LogP contribution in [0.1, 0.15) is 30.5 Å². The fourth-order valence-electron chi connectivity index (χ4n) is 3.64. The maximum atomic E-state index is 13.6. The van der Waals surface area contributed by atoms with Crippen LogP contribution in [0.25, 0.3) is 11.2 Å². The predicted molar refractivity (Wildman–Crippen MR) is 118 cm³/mol. The van der Waals surface area contributed by atoms with Crippen molar-refractivity contribution in [1.29, 1.82) is 0 Å². The second-order valence-corrected chi connectivity index (χ2v) is 7.96. The summed E-state index contributed by atoms with van der Waals surface area (Å²) >= 11 is 3.46. The highest BCUT2D eigenvalue weighted by atomic mass is 79.9. The van der Waals surface area contributed by atoms with Gasteiger partial charge in [0.15, 0.2) is 5.65 Å². The van der Waals surface area contributed by atoms with E-state index >= 15 is 0 Å². The number of halogens is 1. The van der Waals surface area contributed by atoms with Crippen molar-refractivity contribution < 1.29 is 5.11 Å². The molecule has 0 saturated carbocycles. The number of fused-ring (bicyclic) bond motifs is 1. The molecule has 6 heteroatoms. The van der Waals surface area contributed by atoms with Gasteiger partial charge in [0.25, 0.3) is 0 Å². The van der Waals surface area contributed by atoms with E-state index in [0.29, 0.717) is 17.6 Å². The Morgan fingerprint density at radius 3 is 2.17 bits per heavy atom. The van der Waals surface area contributed by atoms with Crippen LogP contribution in [-0.2, 0) is 6.54 Å². The van der Waals surface area contributed by atoms with Crippen LogP contribution in [-0.4, -0.2) is 25.3 Å². The molecule has 5 nitrogen and oxygen atoms in total. The molecule has 0 aliphatic heterocycles. The number of benzene rings is 2. The third-order valence-electron chi connectivity index (χ3n) is 5.12. The first-order chi connectivity index (χ1) is 14.1. The molecule has 1 N–H and O–H groups in total. The fourth-order valence-corrected chi connectivity index (χ4v) is 3.96. The number of pyridine rings is 1. The lowest BCUT2D eigenvalue weighted by Gasteiger charge is -2.19. The van der Waals surface area contributed by atoms with Gasteiger partial charge in [0.1, 0.15) is 0 Å². The molecule has 0 radical (unpaired) electrons. The molecule has 0 amide bonds. The molecule has 1 unspecified atom stereocenters. The molecule has 4 rings (SSSR count). The standard InChI is InChI=1S/C23H22BrN3O2/c1-2-19(28)15-26-20-13-18(24)14-25-22(20)27(23(26)29)21(16-9-5-3-6-10-16)17-11-7-4-8-12-17/h3-14,19,21,28H,2,15H2,1H3. The van der Waals surface area contributed by atoms with Crippen molar-refractivity contribution in [3.63, 3.8) is 0 Å². The van der Waals surface area contributed by atoms with Gasteiger partial charge in [-0.1, -0.05) is 67.6 Å². The largest absolute Gasteiger partial charge is 0.391 e. The molecule has 2 aromatic heterocycles. The normalized spacial score (nSPS) is 12.6. The van der Waals surface area contributed by atoms with Crippen LogP contribution in [0, 0.1) is 0 Å². The van der Waals surface area contributed by atoms with E-state index in [2.05, 4.69) is 20.9 Å². The molecule has 148 valence electrons. The Bertz CT molecular complexity index is 1130. The second kappa shape index (κ2) is 8.35. The lowest BCUT2D eigenvalue weighted by Crippen LogP contribution is -2.31. The summed E-state index contributed by atoms with van der Waals surface area (Å²) in [5.41, 5.74) is 3.12. The molecule has 0 fully saturated rings. The molecular weight excluding hydrogens is 430 g/mol. The number of rotatable bonds is 6. The van der Waals surface area contributed by atoms with Crippen molar-refractivity contribution >= 4 is 27.1 Å². The monoisotopic (exact) mass is 451 g/mol. The van der Waals surface area contributed by atoms with Crippen LogP contribution < -0.4 is 5.69 Å². The quantitative estimate of drug-likeness (QED) is 0.473. The Hall–Kier alpha value is -2.70. The van der Waals surface area contributed by atoms with Gasteiger partial charge in [-0.05, 0) is 39.5 Å². The Labute approximate surface area is 177 Å².